The third-order valence-corrected chi connectivity index (χ3v) is 22.6. The molecule has 0 amide bonds. The summed E-state index contributed by atoms with van der Waals surface area (Å²) in [6.07, 6.45) is -32.8. The van der Waals surface area contributed by atoms with Crippen molar-refractivity contribution in [1.82, 2.24) is 0 Å². The Labute approximate surface area is 515 Å². The van der Waals surface area contributed by atoms with Gasteiger partial charge in [0.15, 0.2) is 31.3 Å². The topological polar surface area (TPSA) is 444 Å². The fourth-order valence-corrected chi connectivity index (χ4v) is 17.4. The molecule has 14 N–H and O–H groups in total. The largest absolute Gasteiger partial charge is 0.479 e. The molecule has 4 saturated heterocycles. The summed E-state index contributed by atoms with van der Waals surface area (Å²) in [5.41, 5.74) is -4.83. The molecule has 5 aliphatic carbocycles. The van der Waals surface area contributed by atoms with Gasteiger partial charge in [0.05, 0.1) is 42.9 Å². The molecule has 0 aromatic carbocycles. The number of rotatable bonds is 18. The van der Waals surface area contributed by atoms with Gasteiger partial charge in [0.2, 0.25) is 0 Å². The third-order valence-electron chi connectivity index (χ3n) is 22.6. The van der Waals surface area contributed by atoms with E-state index < -0.39 is 223 Å². The van der Waals surface area contributed by atoms with Crippen molar-refractivity contribution in [2.24, 2.45) is 50.2 Å². The number of carbonyl (C=O) groups is 4. The molecule has 0 radical (unpaired) electrons. The summed E-state index contributed by atoms with van der Waals surface area (Å²) in [4.78, 5) is 53.3. The zero-order chi connectivity index (χ0) is 65.4. The Balaban J connectivity index is 1.04. The first kappa shape index (κ1) is 70.0. The van der Waals surface area contributed by atoms with Crippen LogP contribution in [0.4, 0.5) is 0 Å². The number of aliphatic hydroxyl groups excluding tert-OH is 13. The number of carbonyl (C=O) groups excluding carboxylic acids is 3. The SMILES string of the molecule is CCCC=CC(=O)OC1C(O)C2(COC(C)=O)C(O)CC3(C)C(=CCC4C5(C)CCC(OC6OC(C(=O)O)C(O)C(OC7OCC(O)C(O)C7OC7OC(CO)C(O)C(O)C7O)C6OC6OC(CO)C(O)C(O)C6O)C(C)(C=O)C5CCC43C)C2CC1(C)C. The molecule has 0 spiro atoms. The van der Waals surface area contributed by atoms with Gasteiger partial charge in [-0.3, -0.25) is 4.79 Å². The minimum atomic E-state index is -2.32. The Morgan fingerprint density at radius 3 is 1.87 bits per heavy atom. The number of aldehydes is 1. The van der Waals surface area contributed by atoms with Crippen LogP contribution in [0.15, 0.2) is 23.8 Å². The van der Waals surface area contributed by atoms with Crippen molar-refractivity contribution in [2.75, 3.05) is 26.4 Å². The van der Waals surface area contributed by atoms with Gasteiger partial charge in [0.1, 0.15) is 111 Å². The lowest BCUT2D eigenvalue weighted by molar-refractivity contribution is -0.400. The number of aliphatic hydroxyl groups is 13. The standard InChI is InChI=1S/C61H94O28/c1-9-10-11-12-36(68)85-50-49(77)61(25-81-26(2)65)28(19-56(50,3)4)27-13-14-33-57(5)17-16-35(58(6,24-64)32(57)15-18-59(33,7)60(27,8)20-34(61)67)84-55-48(89-53-43(75)41(73)39(71)31(22-63)83-53)45(44(76)46(87-55)51(78)79)86-54-47(37(69)29(66)23-80-54)88-52-42(74)40(72)38(70)30(21-62)82-52/h11-13,24,28-35,37-50,52-55,62-63,66-67,69-77H,9-10,14-23,25H2,1-8H3,(H,78,79). The highest BCUT2D eigenvalue weighted by Crippen LogP contribution is 2.76. The van der Waals surface area contributed by atoms with Gasteiger partial charge < -0.3 is 124 Å². The Morgan fingerprint density at radius 1 is 0.685 bits per heavy atom. The average molecular weight is 1280 g/mol. The predicted octanol–water partition coefficient (Wildman–Crippen LogP) is -2.26. The molecule has 28 nitrogen and oxygen atoms in total. The molecule has 31 unspecified atom stereocenters. The Morgan fingerprint density at radius 2 is 1.29 bits per heavy atom. The third kappa shape index (κ3) is 12.0. The highest BCUT2D eigenvalue weighted by atomic mass is 16.8. The van der Waals surface area contributed by atoms with Gasteiger partial charge in [-0.1, -0.05) is 72.6 Å². The summed E-state index contributed by atoms with van der Waals surface area (Å²) in [5, 5.41) is 155. The van der Waals surface area contributed by atoms with Gasteiger partial charge in [-0.2, -0.15) is 0 Å². The number of esters is 2. The van der Waals surface area contributed by atoms with Crippen LogP contribution in [0.5, 0.6) is 0 Å². The van der Waals surface area contributed by atoms with Gasteiger partial charge >= 0.3 is 17.9 Å². The lowest BCUT2D eigenvalue weighted by Gasteiger charge is -2.72. The van der Waals surface area contributed by atoms with Crippen molar-refractivity contribution in [2.45, 2.75) is 254 Å². The quantitative estimate of drug-likeness (QED) is 0.0226. The second-order valence-electron chi connectivity index (χ2n) is 28.0. The van der Waals surface area contributed by atoms with Crippen molar-refractivity contribution >= 4 is 24.2 Å². The van der Waals surface area contributed by atoms with E-state index in [0.717, 1.165) is 18.3 Å². The summed E-state index contributed by atoms with van der Waals surface area (Å²) < 4.78 is 60.1. The number of hydrogen-bond acceptors (Lipinski definition) is 27. The number of fused-ring (bicyclic) bond motifs is 7. The normalized spacial score (nSPS) is 50.5. The van der Waals surface area contributed by atoms with Crippen LogP contribution in [0.1, 0.15) is 113 Å². The molecule has 9 rings (SSSR count). The van der Waals surface area contributed by atoms with E-state index in [1.165, 1.54) is 13.0 Å². The first-order chi connectivity index (χ1) is 41.8. The molecule has 4 heterocycles. The zero-order valence-electron chi connectivity index (χ0n) is 51.5. The molecule has 31 atom stereocenters. The van der Waals surface area contributed by atoms with Crippen LogP contribution in [-0.2, 0) is 66.5 Å². The smallest absolute Gasteiger partial charge is 0.335 e. The van der Waals surface area contributed by atoms with Gasteiger partial charge in [-0.05, 0) is 85.4 Å². The first-order valence-electron chi connectivity index (χ1n) is 31.1. The Bertz CT molecular complexity index is 2580. The molecule has 8 fully saturated rings. The summed E-state index contributed by atoms with van der Waals surface area (Å²) in [6, 6.07) is 0. The minimum Gasteiger partial charge on any atom is -0.479 e. The van der Waals surface area contributed by atoms with E-state index in [2.05, 4.69) is 26.8 Å². The van der Waals surface area contributed by atoms with E-state index in [-0.39, 0.29) is 25.4 Å². The predicted molar refractivity (Wildman–Crippen MR) is 299 cm³/mol. The summed E-state index contributed by atoms with van der Waals surface area (Å²) in [7, 11) is 0. The fraction of sp³-hybridized carbons (Fsp3) is 0.869. The van der Waals surface area contributed by atoms with E-state index in [1.54, 1.807) is 13.0 Å². The number of hydrogen-bond donors (Lipinski definition) is 14. The van der Waals surface area contributed by atoms with Crippen molar-refractivity contribution < 1.29 is 138 Å². The van der Waals surface area contributed by atoms with Crippen LogP contribution in [0, 0.1) is 50.2 Å². The molecular formula is C61H94O28. The highest BCUT2D eigenvalue weighted by Gasteiger charge is 2.74. The maximum Gasteiger partial charge on any atom is 0.335 e. The van der Waals surface area contributed by atoms with E-state index in [4.69, 9.17) is 47.4 Å². The molecule has 0 aromatic heterocycles. The van der Waals surface area contributed by atoms with Crippen molar-refractivity contribution in [3.05, 3.63) is 23.8 Å². The van der Waals surface area contributed by atoms with Gasteiger partial charge in [-0.15, -0.1) is 0 Å². The van der Waals surface area contributed by atoms with Crippen molar-refractivity contribution in [3.8, 4) is 0 Å². The van der Waals surface area contributed by atoms with Gasteiger partial charge in [-0.25, -0.2) is 9.59 Å². The number of aliphatic carboxylic acids is 1. The molecule has 0 aromatic rings. The molecule has 4 saturated carbocycles. The lowest BCUT2D eigenvalue weighted by atomic mass is 9.33. The monoisotopic (exact) mass is 1270 g/mol. The average Bonchev–Trinajstić information content (AvgIpc) is 0.675. The Hall–Kier alpha value is -3.28. The second-order valence-corrected chi connectivity index (χ2v) is 28.0. The summed E-state index contributed by atoms with van der Waals surface area (Å²) in [6.45, 7) is 12.3. The Kier molecular flexibility index (Phi) is 20.8. The molecule has 28 heteroatoms. The molecule has 4 aliphatic heterocycles. The van der Waals surface area contributed by atoms with Crippen LogP contribution in [-0.4, -0.2) is 263 Å². The molecule has 506 valence electrons. The van der Waals surface area contributed by atoms with Gasteiger partial charge in [0, 0.05) is 18.4 Å². The number of ether oxygens (including phenoxy) is 10. The number of carboxylic acids is 1. The number of allylic oxidation sites excluding steroid dienone is 3. The molecule has 9 aliphatic rings. The lowest BCUT2D eigenvalue weighted by Crippen LogP contribution is -2.72. The van der Waals surface area contributed by atoms with Crippen LogP contribution in [0.25, 0.3) is 0 Å². The van der Waals surface area contributed by atoms with Crippen molar-refractivity contribution in [3.63, 3.8) is 0 Å². The fourth-order valence-electron chi connectivity index (χ4n) is 17.4. The molecule has 89 heavy (non-hydrogen) atoms. The van der Waals surface area contributed by atoms with E-state index in [9.17, 15) is 90.7 Å². The van der Waals surface area contributed by atoms with E-state index in [1.807, 2.05) is 20.8 Å². The maximum absolute atomic E-state index is 14.2. The number of carboxylic acid groups (broad SMARTS) is 1. The summed E-state index contributed by atoms with van der Waals surface area (Å²) in [5.74, 6) is -4.26. The molecule has 0 bridgehead atoms. The molecular weight excluding hydrogens is 1180 g/mol. The van der Waals surface area contributed by atoms with Crippen LogP contribution < -0.4 is 0 Å². The first-order valence-corrected chi connectivity index (χ1v) is 31.1. The number of unbranched alkanes of at least 4 members (excludes halogenated alkanes) is 1. The van der Waals surface area contributed by atoms with Crippen molar-refractivity contribution in [1.29, 1.82) is 0 Å². The van der Waals surface area contributed by atoms with Crippen LogP contribution in [0.2, 0.25) is 0 Å². The summed E-state index contributed by atoms with van der Waals surface area (Å²) >= 11 is 0. The van der Waals surface area contributed by atoms with E-state index >= 15 is 0 Å². The van der Waals surface area contributed by atoms with Crippen LogP contribution in [0.3, 0.4) is 0 Å². The minimum absolute atomic E-state index is 0.0935. The van der Waals surface area contributed by atoms with Crippen LogP contribution >= 0.6 is 0 Å². The zero-order valence-corrected chi connectivity index (χ0v) is 51.5. The second kappa shape index (κ2) is 26.5. The highest BCUT2D eigenvalue weighted by molar-refractivity contribution is 5.82. The van der Waals surface area contributed by atoms with Gasteiger partial charge in [0.25, 0.3) is 0 Å². The maximum atomic E-state index is 14.2. The van der Waals surface area contributed by atoms with E-state index in [0.29, 0.717) is 38.5 Å².